The standard InChI is InChI=1S/C25H37N3O4/c1-3-4-5-6-7-12-27-13-14-28(19(17-27)15-25(30)31)18-24(29)21-10-11-26-23-9-8-20(32-2)16-22(21)23/h8-11,16,19,24,29H,3-7,12-15,17-18H2,1-2H3,(H,30,31). The van der Waals surface area contributed by atoms with E-state index in [9.17, 15) is 15.0 Å². The maximum Gasteiger partial charge on any atom is 0.304 e. The van der Waals surface area contributed by atoms with E-state index < -0.39 is 12.1 Å². The van der Waals surface area contributed by atoms with Gasteiger partial charge in [-0.05, 0) is 42.8 Å². The molecular formula is C25H37N3O4. The van der Waals surface area contributed by atoms with Crippen molar-refractivity contribution in [3.63, 3.8) is 0 Å². The van der Waals surface area contributed by atoms with Gasteiger partial charge in [0.2, 0.25) is 0 Å². The zero-order valence-electron chi connectivity index (χ0n) is 19.4. The summed E-state index contributed by atoms with van der Waals surface area (Å²) in [5, 5.41) is 21.4. The van der Waals surface area contributed by atoms with Crippen LogP contribution in [-0.2, 0) is 4.79 Å². The number of fused-ring (bicyclic) bond motifs is 1. The zero-order valence-corrected chi connectivity index (χ0v) is 19.4. The zero-order chi connectivity index (χ0) is 22.9. The van der Waals surface area contributed by atoms with Gasteiger partial charge in [-0.3, -0.25) is 14.7 Å². The molecule has 2 N–H and O–H groups in total. The second-order valence-corrected chi connectivity index (χ2v) is 8.76. The first-order valence-corrected chi connectivity index (χ1v) is 11.8. The number of benzene rings is 1. The number of aliphatic hydroxyl groups excluding tert-OH is 1. The molecule has 0 spiro atoms. The molecule has 2 heterocycles. The number of piperazine rings is 1. The van der Waals surface area contributed by atoms with E-state index in [1.165, 1.54) is 25.7 Å². The van der Waals surface area contributed by atoms with Gasteiger partial charge < -0.3 is 19.8 Å². The van der Waals surface area contributed by atoms with Crippen LogP contribution in [0.25, 0.3) is 10.9 Å². The number of unbranched alkanes of at least 4 members (excludes halogenated alkanes) is 4. The van der Waals surface area contributed by atoms with Gasteiger partial charge in [-0.25, -0.2) is 0 Å². The number of β-amino-alcohol motifs (C(OH)–C–C–N with tert-alkyl or cyclic N) is 1. The number of carbonyl (C=O) groups is 1. The summed E-state index contributed by atoms with van der Waals surface area (Å²) in [5.74, 6) is -0.0753. The molecule has 1 aliphatic heterocycles. The monoisotopic (exact) mass is 443 g/mol. The number of pyridine rings is 1. The van der Waals surface area contributed by atoms with Gasteiger partial charge in [-0.1, -0.05) is 32.6 Å². The molecule has 1 aliphatic rings. The Bertz CT molecular complexity index is 875. The Hall–Kier alpha value is -2.22. The van der Waals surface area contributed by atoms with Gasteiger partial charge in [-0.2, -0.15) is 0 Å². The number of aliphatic hydroxyl groups is 1. The molecule has 0 bridgehead atoms. The number of hydrogen-bond acceptors (Lipinski definition) is 6. The highest BCUT2D eigenvalue weighted by molar-refractivity contribution is 5.83. The Morgan fingerprint density at radius 2 is 2.03 bits per heavy atom. The summed E-state index contributed by atoms with van der Waals surface area (Å²) >= 11 is 0. The molecule has 0 saturated carbocycles. The summed E-state index contributed by atoms with van der Waals surface area (Å²) in [7, 11) is 1.62. The molecule has 2 atom stereocenters. The van der Waals surface area contributed by atoms with Crippen molar-refractivity contribution in [3.05, 3.63) is 36.0 Å². The first kappa shape index (κ1) is 24.4. The lowest BCUT2D eigenvalue weighted by atomic mass is 10.0. The van der Waals surface area contributed by atoms with E-state index in [0.717, 1.165) is 54.8 Å². The molecule has 32 heavy (non-hydrogen) atoms. The van der Waals surface area contributed by atoms with Gasteiger partial charge in [0.1, 0.15) is 5.75 Å². The summed E-state index contributed by atoms with van der Waals surface area (Å²) in [6.07, 6.45) is 7.24. The Morgan fingerprint density at radius 1 is 1.22 bits per heavy atom. The molecule has 0 radical (unpaired) electrons. The van der Waals surface area contributed by atoms with Crippen LogP contribution in [0, 0.1) is 0 Å². The van der Waals surface area contributed by atoms with Gasteiger partial charge in [0.05, 0.1) is 25.2 Å². The SMILES string of the molecule is CCCCCCCN1CCN(CC(O)c2ccnc3ccc(OC)cc23)C(CC(=O)O)C1. The van der Waals surface area contributed by atoms with Crippen LogP contribution in [0.1, 0.15) is 57.1 Å². The van der Waals surface area contributed by atoms with Crippen molar-refractivity contribution in [2.45, 2.75) is 57.6 Å². The van der Waals surface area contributed by atoms with Gasteiger partial charge in [-0.15, -0.1) is 0 Å². The fraction of sp³-hybridized carbons (Fsp3) is 0.600. The number of carboxylic acid groups (broad SMARTS) is 1. The van der Waals surface area contributed by atoms with E-state index in [4.69, 9.17) is 4.74 Å². The van der Waals surface area contributed by atoms with Crippen LogP contribution in [-0.4, -0.2) is 76.8 Å². The number of rotatable bonds is 12. The average Bonchev–Trinajstić information content (AvgIpc) is 2.79. The molecule has 7 nitrogen and oxygen atoms in total. The first-order valence-electron chi connectivity index (χ1n) is 11.8. The molecule has 1 saturated heterocycles. The molecule has 2 unspecified atom stereocenters. The number of carboxylic acids is 1. The predicted molar refractivity (Wildman–Crippen MR) is 126 cm³/mol. The molecule has 3 rings (SSSR count). The third kappa shape index (κ3) is 6.64. The number of aromatic nitrogens is 1. The predicted octanol–water partition coefficient (Wildman–Crippen LogP) is 3.71. The lowest BCUT2D eigenvalue weighted by Gasteiger charge is -2.42. The number of aliphatic carboxylic acids is 1. The number of ether oxygens (including phenoxy) is 1. The largest absolute Gasteiger partial charge is 0.497 e. The highest BCUT2D eigenvalue weighted by Crippen LogP contribution is 2.28. The van der Waals surface area contributed by atoms with E-state index in [1.54, 1.807) is 13.3 Å². The Balaban J connectivity index is 1.66. The summed E-state index contributed by atoms with van der Waals surface area (Å²) < 4.78 is 5.34. The number of nitrogens with zero attached hydrogens (tertiary/aromatic N) is 3. The van der Waals surface area contributed by atoms with E-state index in [2.05, 4.69) is 21.7 Å². The summed E-state index contributed by atoms with van der Waals surface area (Å²) in [6.45, 7) is 6.04. The number of methoxy groups -OCH3 is 1. The van der Waals surface area contributed by atoms with Gasteiger partial charge >= 0.3 is 5.97 Å². The quantitative estimate of drug-likeness (QED) is 0.484. The van der Waals surface area contributed by atoms with Crippen molar-refractivity contribution < 1.29 is 19.7 Å². The molecule has 176 valence electrons. The summed E-state index contributed by atoms with van der Waals surface area (Å²) in [6, 6.07) is 7.37. The Kier molecular flexibility index (Phi) is 9.26. The molecule has 0 aliphatic carbocycles. The molecule has 1 aromatic carbocycles. The van der Waals surface area contributed by atoms with Crippen LogP contribution in [0.15, 0.2) is 30.5 Å². The minimum absolute atomic E-state index is 0.0873. The van der Waals surface area contributed by atoms with Crippen molar-refractivity contribution >= 4 is 16.9 Å². The fourth-order valence-electron chi connectivity index (χ4n) is 4.62. The van der Waals surface area contributed by atoms with Crippen LogP contribution in [0.3, 0.4) is 0 Å². The van der Waals surface area contributed by atoms with Crippen molar-refractivity contribution in [1.29, 1.82) is 0 Å². The topological polar surface area (TPSA) is 86.1 Å². The van der Waals surface area contributed by atoms with E-state index in [0.29, 0.717) is 6.54 Å². The maximum absolute atomic E-state index is 11.5. The Morgan fingerprint density at radius 3 is 2.78 bits per heavy atom. The second kappa shape index (κ2) is 12.1. The van der Waals surface area contributed by atoms with Crippen LogP contribution in [0.2, 0.25) is 0 Å². The molecule has 1 fully saturated rings. The van der Waals surface area contributed by atoms with Crippen molar-refractivity contribution in [1.82, 2.24) is 14.8 Å². The maximum atomic E-state index is 11.5. The van der Waals surface area contributed by atoms with Crippen molar-refractivity contribution in [2.75, 3.05) is 39.8 Å². The highest BCUT2D eigenvalue weighted by atomic mass is 16.5. The molecule has 2 aromatic rings. The first-order chi connectivity index (χ1) is 15.5. The normalized spacial score (nSPS) is 18.7. The van der Waals surface area contributed by atoms with Crippen molar-refractivity contribution in [3.8, 4) is 5.75 Å². The third-order valence-electron chi connectivity index (χ3n) is 6.43. The molecule has 0 amide bonds. The molecular weight excluding hydrogens is 406 g/mol. The van der Waals surface area contributed by atoms with Gasteiger partial charge in [0.25, 0.3) is 0 Å². The van der Waals surface area contributed by atoms with Gasteiger partial charge in [0.15, 0.2) is 0 Å². The fourth-order valence-corrected chi connectivity index (χ4v) is 4.62. The highest BCUT2D eigenvalue weighted by Gasteiger charge is 2.30. The lowest BCUT2D eigenvalue weighted by molar-refractivity contribution is -0.139. The van der Waals surface area contributed by atoms with E-state index in [1.807, 2.05) is 24.3 Å². The minimum atomic E-state index is -0.793. The Labute approximate surface area is 191 Å². The summed E-state index contributed by atoms with van der Waals surface area (Å²) in [4.78, 5) is 20.4. The van der Waals surface area contributed by atoms with Crippen molar-refractivity contribution in [2.24, 2.45) is 0 Å². The van der Waals surface area contributed by atoms with Gasteiger partial charge in [0, 0.05) is 43.8 Å². The van der Waals surface area contributed by atoms with Crippen LogP contribution in [0.5, 0.6) is 5.75 Å². The van der Waals surface area contributed by atoms with E-state index in [-0.39, 0.29) is 12.5 Å². The van der Waals surface area contributed by atoms with Crippen LogP contribution < -0.4 is 4.74 Å². The molecule has 7 heteroatoms. The van der Waals surface area contributed by atoms with Crippen LogP contribution >= 0.6 is 0 Å². The summed E-state index contributed by atoms with van der Waals surface area (Å²) in [5.41, 5.74) is 1.60. The second-order valence-electron chi connectivity index (χ2n) is 8.76. The number of hydrogen-bond donors (Lipinski definition) is 2. The minimum Gasteiger partial charge on any atom is -0.497 e. The molecule has 1 aromatic heterocycles. The smallest absolute Gasteiger partial charge is 0.304 e. The van der Waals surface area contributed by atoms with E-state index >= 15 is 0 Å². The lowest BCUT2D eigenvalue weighted by Crippen LogP contribution is -2.54. The van der Waals surface area contributed by atoms with Crippen LogP contribution in [0.4, 0.5) is 0 Å². The third-order valence-corrected chi connectivity index (χ3v) is 6.43. The average molecular weight is 444 g/mol.